The number of amides is 2. The van der Waals surface area contributed by atoms with Gasteiger partial charge in [0.05, 0.1) is 18.2 Å². The Balaban J connectivity index is 1.67. The Morgan fingerprint density at radius 3 is 2.48 bits per heavy atom. The normalized spacial score (nSPS) is 24.0. The van der Waals surface area contributed by atoms with Gasteiger partial charge in [-0.2, -0.15) is 0 Å². The summed E-state index contributed by atoms with van der Waals surface area (Å²) in [4.78, 5) is 25.9. The summed E-state index contributed by atoms with van der Waals surface area (Å²) < 4.78 is 0. The van der Waals surface area contributed by atoms with E-state index in [1.807, 2.05) is 18.2 Å². The molecule has 2 amide bonds. The van der Waals surface area contributed by atoms with Crippen LogP contribution in [0.25, 0.3) is 0 Å². The Kier molecular flexibility index (Phi) is 3.57. The first-order valence-electron chi connectivity index (χ1n) is 7.69. The second-order valence-electron chi connectivity index (χ2n) is 6.56. The third-order valence-corrected chi connectivity index (χ3v) is 4.98. The lowest BCUT2D eigenvalue weighted by molar-refractivity contribution is -0.121. The monoisotopic (exact) mass is 286 g/mol. The van der Waals surface area contributed by atoms with Crippen LogP contribution in [0.2, 0.25) is 0 Å². The Bertz CT molecular complexity index is 549. The SMILES string of the molecule is CC(C)C1(CNC2CC(=O)N(c3ccccc3)C2=O)CC1. The molecular formula is C17H22N2O2. The lowest BCUT2D eigenvalue weighted by atomic mass is 9.92. The van der Waals surface area contributed by atoms with Crippen molar-refractivity contribution in [2.24, 2.45) is 11.3 Å². The fourth-order valence-corrected chi connectivity index (χ4v) is 3.09. The van der Waals surface area contributed by atoms with E-state index in [0.717, 1.165) is 6.54 Å². The van der Waals surface area contributed by atoms with Crippen LogP contribution in [0.5, 0.6) is 0 Å². The van der Waals surface area contributed by atoms with Crippen molar-refractivity contribution in [3.8, 4) is 0 Å². The number of carbonyl (C=O) groups is 2. The van der Waals surface area contributed by atoms with Crippen LogP contribution in [0.4, 0.5) is 5.69 Å². The molecule has 1 saturated carbocycles. The zero-order valence-corrected chi connectivity index (χ0v) is 12.6. The van der Waals surface area contributed by atoms with Gasteiger partial charge in [0.15, 0.2) is 0 Å². The fourth-order valence-electron chi connectivity index (χ4n) is 3.09. The van der Waals surface area contributed by atoms with Crippen molar-refractivity contribution in [1.29, 1.82) is 0 Å². The molecule has 0 spiro atoms. The number of carbonyl (C=O) groups excluding carboxylic acids is 2. The molecular weight excluding hydrogens is 264 g/mol. The van der Waals surface area contributed by atoms with Crippen molar-refractivity contribution in [3.05, 3.63) is 30.3 Å². The van der Waals surface area contributed by atoms with E-state index in [2.05, 4.69) is 19.2 Å². The highest BCUT2D eigenvalue weighted by atomic mass is 16.2. The lowest BCUT2D eigenvalue weighted by Gasteiger charge is -2.22. The summed E-state index contributed by atoms with van der Waals surface area (Å²) in [6, 6.07) is 8.80. The topological polar surface area (TPSA) is 49.4 Å². The quantitative estimate of drug-likeness (QED) is 0.845. The Labute approximate surface area is 125 Å². The van der Waals surface area contributed by atoms with Crippen LogP contribution >= 0.6 is 0 Å². The summed E-state index contributed by atoms with van der Waals surface area (Å²) in [5.74, 6) is 0.381. The number of benzene rings is 1. The summed E-state index contributed by atoms with van der Waals surface area (Å²) in [6.45, 7) is 5.29. The maximum Gasteiger partial charge on any atom is 0.251 e. The summed E-state index contributed by atoms with van der Waals surface area (Å²) in [5, 5.41) is 3.33. The number of imide groups is 1. The molecule has 4 heteroatoms. The second-order valence-corrected chi connectivity index (χ2v) is 6.56. The lowest BCUT2D eigenvalue weighted by Crippen LogP contribution is -2.42. The van der Waals surface area contributed by atoms with Gasteiger partial charge in [0.25, 0.3) is 5.91 Å². The first-order valence-corrected chi connectivity index (χ1v) is 7.69. The van der Waals surface area contributed by atoms with Gasteiger partial charge in [-0.3, -0.25) is 9.59 Å². The molecule has 4 nitrogen and oxygen atoms in total. The Morgan fingerprint density at radius 2 is 1.90 bits per heavy atom. The number of hydrogen-bond acceptors (Lipinski definition) is 3. The van der Waals surface area contributed by atoms with E-state index < -0.39 is 0 Å². The zero-order valence-electron chi connectivity index (χ0n) is 12.6. The van der Waals surface area contributed by atoms with Gasteiger partial charge in [0.2, 0.25) is 5.91 Å². The average molecular weight is 286 g/mol. The number of hydrogen-bond donors (Lipinski definition) is 1. The molecule has 21 heavy (non-hydrogen) atoms. The maximum absolute atomic E-state index is 12.5. The third-order valence-electron chi connectivity index (χ3n) is 4.98. The fraction of sp³-hybridized carbons (Fsp3) is 0.529. The molecule has 1 aliphatic carbocycles. The molecule has 1 heterocycles. The predicted molar refractivity (Wildman–Crippen MR) is 81.8 cm³/mol. The molecule has 0 aromatic heterocycles. The molecule has 1 aliphatic heterocycles. The highest BCUT2D eigenvalue weighted by molar-refractivity contribution is 6.22. The van der Waals surface area contributed by atoms with E-state index in [9.17, 15) is 9.59 Å². The van der Waals surface area contributed by atoms with Gasteiger partial charge in [-0.25, -0.2) is 4.90 Å². The Hall–Kier alpha value is -1.68. The molecule has 112 valence electrons. The van der Waals surface area contributed by atoms with E-state index in [1.54, 1.807) is 12.1 Å². The second kappa shape index (κ2) is 5.26. The molecule has 1 atom stereocenters. The molecule has 2 aliphatic rings. The summed E-state index contributed by atoms with van der Waals surface area (Å²) in [6.07, 6.45) is 2.70. The number of para-hydroxylation sites is 1. The third kappa shape index (κ3) is 2.60. The van der Waals surface area contributed by atoms with Crippen LogP contribution in [0.1, 0.15) is 33.1 Å². The van der Waals surface area contributed by atoms with Gasteiger partial charge in [0.1, 0.15) is 0 Å². The van der Waals surface area contributed by atoms with Gasteiger partial charge in [-0.15, -0.1) is 0 Å². The molecule has 1 saturated heterocycles. The molecule has 3 rings (SSSR count). The molecule has 2 fully saturated rings. The van der Waals surface area contributed by atoms with E-state index >= 15 is 0 Å². The Morgan fingerprint density at radius 1 is 1.24 bits per heavy atom. The summed E-state index contributed by atoms with van der Waals surface area (Å²) in [7, 11) is 0. The smallest absolute Gasteiger partial charge is 0.251 e. The van der Waals surface area contributed by atoms with Gasteiger partial charge >= 0.3 is 0 Å². The van der Waals surface area contributed by atoms with Crippen LogP contribution in [-0.4, -0.2) is 24.4 Å². The van der Waals surface area contributed by atoms with E-state index in [0.29, 0.717) is 17.0 Å². The van der Waals surface area contributed by atoms with Gasteiger partial charge < -0.3 is 5.32 Å². The summed E-state index contributed by atoms with van der Waals surface area (Å²) in [5.41, 5.74) is 1.01. The molecule has 0 radical (unpaired) electrons. The first-order chi connectivity index (χ1) is 10.0. The van der Waals surface area contributed by atoms with Gasteiger partial charge in [0, 0.05) is 6.54 Å². The van der Waals surface area contributed by atoms with Crippen molar-refractivity contribution in [1.82, 2.24) is 5.32 Å². The molecule has 1 unspecified atom stereocenters. The van der Waals surface area contributed by atoms with Gasteiger partial charge in [-0.05, 0) is 36.3 Å². The number of nitrogens with zero attached hydrogens (tertiary/aromatic N) is 1. The van der Waals surface area contributed by atoms with Crippen LogP contribution in [0, 0.1) is 11.3 Å². The van der Waals surface area contributed by atoms with E-state index in [1.165, 1.54) is 17.7 Å². The largest absolute Gasteiger partial charge is 0.305 e. The number of anilines is 1. The minimum atomic E-state index is -0.367. The predicted octanol–water partition coefficient (Wildman–Crippen LogP) is 2.34. The van der Waals surface area contributed by atoms with Crippen molar-refractivity contribution < 1.29 is 9.59 Å². The molecule has 0 bridgehead atoms. The van der Waals surface area contributed by atoms with Crippen molar-refractivity contribution in [2.45, 2.75) is 39.2 Å². The standard InChI is InChI=1S/C17H22N2O2/c1-12(2)17(8-9-17)11-18-14-10-15(20)19(16(14)21)13-6-4-3-5-7-13/h3-7,12,14,18H,8-11H2,1-2H3. The molecule has 1 aromatic carbocycles. The van der Waals surface area contributed by atoms with Crippen molar-refractivity contribution in [2.75, 3.05) is 11.4 Å². The first kappa shape index (κ1) is 14.3. The van der Waals surface area contributed by atoms with E-state index in [-0.39, 0.29) is 24.3 Å². The molecule has 1 aromatic rings. The number of nitrogens with one attached hydrogen (secondary N) is 1. The minimum absolute atomic E-state index is 0.113. The van der Waals surface area contributed by atoms with Crippen molar-refractivity contribution >= 4 is 17.5 Å². The van der Waals surface area contributed by atoms with Crippen LogP contribution in [-0.2, 0) is 9.59 Å². The van der Waals surface area contributed by atoms with Crippen molar-refractivity contribution in [3.63, 3.8) is 0 Å². The highest BCUT2D eigenvalue weighted by Gasteiger charge is 2.47. The minimum Gasteiger partial charge on any atom is -0.305 e. The van der Waals surface area contributed by atoms with E-state index in [4.69, 9.17) is 0 Å². The number of rotatable bonds is 5. The summed E-state index contributed by atoms with van der Waals surface area (Å²) >= 11 is 0. The van der Waals surface area contributed by atoms with Crippen LogP contribution in [0.3, 0.4) is 0 Å². The zero-order chi connectivity index (χ0) is 15.0. The van der Waals surface area contributed by atoms with Gasteiger partial charge in [-0.1, -0.05) is 32.0 Å². The maximum atomic E-state index is 12.5. The van der Waals surface area contributed by atoms with Crippen LogP contribution in [0.15, 0.2) is 30.3 Å². The molecule has 1 N–H and O–H groups in total. The highest BCUT2D eigenvalue weighted by Crippen LogP contribution is 2.51. The average Bonchev–Trinajstić information content (AvgIpc) is 3.20. The van der Waals surface area contributed by atoms with Crippen LogP contribution < -0.4 is 10.2 Å².